The number of rotatable bonds is 2. The van der Waals surface area contributed by atoms with Gasteiger partial charge < -0.3 is 4.74 Å². The predicted octanol–water partition coefficient (Wildman–Crippen LogP) is 3.03. The lowest BCUT2D eigenvalue weighted by atomic mass is 9.79. The third-order valence-corrected chi connectivity index (χ3v) is 2.51. The molecule has 0 unspecified atom stereocenters. The Bertz CT molecular complexity index is 404. The molecule has 0 bridgehead atoms. The highest BCUT2D eigenvalue weighted by Gasteiger charge is 2.32. The molecule has 1 aliphatic rings. The lowest BCUT2D eigenvalue weighted by Crippen LogP contribution is -2.21. The van der Waals surface area contributed by atoms with Crippen LogP contribution in [-0.4, -0.2) is 12.1 Å². The molecular weight excluding hydrogens is 221 g/mol. The SMILES string of the molecule is O=C1CC(c2cccc(OC(F)(F)F)c2)C1. The number of ether oxygens (including phenoxy) is 1. The van der Waals surface area contributed by atoms with Crippen LogP contribution in [0.5, 0.6) is 5.75 Å². The summed E-state index contributed by atoms with van der Waals surface area (Å²) in [6.07, 6.45) is -3.85. The number of Topliss-reactive ketones (excluding diaryl/α,β-unsaturated/α-hetero) is 1. The van der Waals surface area contributed by atoms with Crippen molar-refractivity contribution < 1.29 is 22.7 Å². The fraction of sp³-hybridized carbons (Fsp3) is 0.364. The van der Waals surface area contributed by atoms with Crippen LogP contribution in [0.15, 0.2) is 24.3 Å². The van der Waals surface area contributed by atoms with Gasteiger partial charge in [0.1, 0.15) is 11.5 Å². The fourth-order valence-electron chi connectivity index (χ4n) is 1.69. The van der Waals surface area contributed by atoms with E-state index in [1.54, 1.807) is 6.07 Å². The summed E-state index contributed by atoms with van der Waals surface area (Å²) in [6.45, 7) is 0. The fourth-order valence-corrected chi connectivity index (χ4v) is 1.69. The first kappa shape index (κ1) is 11.0. The van der Waals surface area contributed by atoms with Crippen LogP contribution in [0, 0.1) is 0 Å². The Morgan fingerprint density at radius 2 is 1.94 bits per heavy atom. The maximum Gasteiger partial charge on any atom is 0.573 e. The maximum absolute atomic E-state index is 12.0. The average molecular weight is 230 g/mol. The van der Waals surface area contributed by atoms with Crippen molar-refractivity contribution in [3.8, 4) is 5.75 Å². The number of alkyl halides is 3. The van der Waals surface area contributed by atoms with Crippen molar-refractivity contribution in [2.24, 2.45) is 0 Å². The summed E-state index contributed by atoms with van der Waals surface area (Å²) in [7, 11) is 0. The Balaban J connectivity index is 2.11. The summed E-state index contributed by atoms with van der Waals surface area (Å²) in [4.78, 5) is 10.8. The van der Waals surface area contributed by atoms with Crippen LogP contribution >= 0.6 is 0 Å². The molecule has 2 rings (SSSR count). The summed E-state index contributed by atoms with van der Waals surface area (Å²) >= 11 is 0. The number of hydrogen-bond donors (Lipinski definition) is 0. The molecule has 0 aliphatic heterocycles. The van der Waals surface area contributed by atoms with E-state index in [0.29, 0.717) is 12.8 Å². The molecule has 0 heterocycles. The average Bonchev–Trinajstić information content (AvgIpc) is 2.10. The highest BCUT2D eigenvalue weighted by atomic mass is 19.4. The normalized spacial score (nSPS) is 17.1. The van der Waals surface area contributed by atoms with Gasteiger partial charge in [0.2, 0.25) is 0 Å². The van der Waals surface area contributed by atoms with Crippen molar-refractivity contribution in [2.75, 3.05) is 0 Å². The van der Waals surface area contributed by atoms with E-state index in [0.717, 1.165) is 5.56 Å². The first-order valence-corrected chi connectivity index (χ1v) is 4.81. The standard InChI is InChI=1S/C11H9F3O2/c12-11(13,14)16-10-3-1-2-7(6-10)8-4-9(15)5-8/h1-3,6,8H,4-5H2. The van der Waals surface area contributed by atoms with Gasteiger partial charge in [-0.25, -0.2) is 0 Å². The third kappa shape index (κ3) is 2.53. The molecule has 0 amide bonds. The van der Waals surface area contributed by atoms with E-state index in [9.17, 15) is 18.0 Å². The largest absolute Gasteiger partial charge is 0.573 e. The van der Waals surface area contributed by atoms with E-state index in [2.05, 4.69) is 4.74 Å². The summed E-state index contributed by atoms with van der Waals surface area (Å²) < 4.78 is 39.7. The quantitative estimate of drug-likeness (QED) is 0.780. The van der Waals surface area contributed by atoms with Gasteiger partial charge in [-0.15, -0.1) is 13.2 Å². The van der Waals surface area contributed by atoms with Gasteiger partial charge in [-0.3, -0.25) is 4.79 Å². The van der Waals surface area contributed by atoms with Crippen molar-refractivity contribution in [1.82, 2.24) is 0 Å². The van der Waals surface area contributed by atoms with Crippen LogP contribution in [0.1, 0.15) is 24.3 Å². The maximum atomic E-state index is 12.0. The molecule has 0 saturated heterocycles. The molecule has 0 spiro atoms. The van der Waals surface area contributed by atoms with Gasteiger partial charge in [0.05, 0.1) is 0 Å². The van der Waals surface area contributed by atoms with Crippen molar-refractivity contribution in [2.45, 2.75) is 25.1 Å². The number of carbonyl (C=O) groups is 1. The van der Waals surface area contributed by atoms with E-state index in [1.165, 1.54) is 18.2 Å². The minimum atomic E-state index is -4.67. The lowest BCUT2D eigenvalue weighted by molar-refractivity contribution is -0.274. The number of hydrogen-bond acceptors (Lipinski definition) is 2. The molecule has 0 atom stereocenters. The zero-order valence-corrected chi connectivity index (χ0v) is 8.25. The van der Waals surface area contributed by atoms with Crippen LogP contribution in [0.2, 0.25) is 0 Å². The Morgan fingerprint density at radius 1 is 1.25 bits per heavy atom. The van der Waals surface area contributed by atoms with Crippen molar-refractivity contribution >= 4 is 5.78 Å². The van der Waals surface area contributed by atoms with Crippen LogP contribution in [-0.2, 0) is 4.79 Å². The third-order valence-electron chi connectivity index (χ3n) is 2.51. The molecule has 1 fully saturated rings. The summed E-state index contributed by atoms with van der Waals surface area (Å²) in [5.74, 6) is -0.0409. The van der Waals surface area contributed by atoms with Gasteiger partial charge in [0.25, 0.3) is 0 Å². The van der Waals surface area contributed by atoms with Gasteiger partial charge in [-0.05, 0) is 23.6 Å². The molecule has 86 valence electrons. The van der Waals surface area contributed by atoms with Crippen molar-refractivity contribution in [1.29, 1.82) is 0 Å². The topological polar surface area (TPSA) is 26.3 Å². The van der Waals surface area contributed by atoms with E-state index >= 15 is 0 Å². The molecule has 1 saturated carbocycles. The monoisotopic (exact) mass is 230 g/mol. The molecule has 0 N–H and O–H groups in total. The number of halogens is 3. The Hall–Kier alpha value is -1.52. The van der Waals surface area contributed by atoms with Gasteiger partial charge in [-0.2, -0.15) is 0 Å². The molecule has 2 nitrogen and oxygen atoms in total. The number of carbonyl (C=O) groups excluding carboxylic acids is 1. The first-order chi connectivity index (χ1) is 7.44. The highest BCUT2D eigenvalue weighted by Crippen LogP contribution is 2.35. The molecule has 0 radical (unpaired) electrons. The van der Waals surface area contributed by atoms with Gasteiger partial charge in [-0.1, -0.05) is 12.1 Å². The van der Waals surface area contributed by atoms with Crippen LogP contribution < -0.4 is 4.74 Å². The van der Waals surface area contributed by atoms with Gasteiger partial charge in [0, 0.05) is 12.8 Å². The number of benzene rings is 1. The van der Waals surface area contributed by atoms with Crippen molar-refractivity contribution in [3.05, 3.63) is 29.8 Å². The highest BCUT2D eigenvalue weighted by molar-refractivity contribution is 5.86. The molecule has 5 heteroatoms. The van der Waals surface area contributed by atoms with Crippen molar-refractivity contribution in [3.63, 3.8) is 0 Å². The Morgan fingerprint density at radius 3 is 2.50 bits per heavy atom. The molecule has 16 heavy (non-hydrogen) atoms. The summed E-state index contributed by atoms with van der Waals surface area (Å²) in [5.41, 5.74) is 0.723. The minimum absolute atomic E-state index is 0.0456. The zero-order chi connectivity index (χ0) is 11.8. The lowest BCUT2D eigenvalue weighted by Gasteiger charge is -2.24. The van der Waals surface area contributed by atoms with E-state index in [-0.39, 0.29) is 17.5 Å². The second-order valence-electron chi connectivity index (χ2n) is 3.76. The zero-order valence-electron chi connectivity index (χ0n) is 8.25. The van der Waals surface area contributed by atoms with E-state index < -0.39 is 6.36 Å². The summed E-state index contributed by atoms with van der Waals surface area (Å²) in [6, 6.07) is 5.79. The predicted molar refractivity (Wildman–Crippen MR) is 50.1 cm³/mol. The van der Waals surface area contributed by atoms with Gasteiger partial charge in [0.15, 0.2) is 0 Å². The number of ketones is 1. The summed E-state index contributed by atoms with van der Waals surface area (Å²) in [5, 5.41) is 0. The Labute approximate surface area is 90.0 Å². The smallest absolute Gasteiger partial charge is 0.406 e. The Kier molecular flexibility index (Phi) is 2.61. The molecular formula is C11H9F3O2. The minimum Gasteiger partial charge on any atom is -0.406 e. The molecule has 1 aromatic carbocycles. The molecule has 1 aromatic rings. The van der Waals surface area contributed by atoms with Crippen LogP contribution in [0.4, 0.5) is 13.2 Å². The molecule has 0 aromatic heterocycles. The van der Waals surface area contributed by atoms with Gasteiger partial charge >= 0.3 is 6.36 Å². The van der Waals surface area contributed by atoms with Crippen LogP contribution in [0.25, 0.3) is 0 Å². The van der Waals surface area contributed by atoms with Crippen LogP contribution in [0.3, 0.4) is 0 Å². The second-order valence-corrected chi connectivity index (χ2v) is 3.76. The first-order valence-electron chi connectivity index (χ1n) is 4.81. The van der Waals surface area contributed by atoms with E-state index in [1.807, 2.05) is 0 Å². The van der Waals surface area contributed by atoms with E-state index in [4.69, 9.17) is 0 Å². The second kappa shape index (κ2) is 3.81. The molecule has 1 aliphatic carbocycles.